The molecule has 148 valence electrons. The average Bonchev–Trinajstić information content (AvgIpc) is 3.08. The normalized spacial score (nSPS) is 12.9. The quantitative estimate of drug-likeness (QED) is 0.720. The maximum Gasteiger partial charge on any atom is 0.317 e. The van der Waals surface area contributed by atoms with Gasteiger partial charge >= 0.3 is 6.03 Å². The lowest BCUT2D eigenvalue weighted by atomic mass is 10.1. The highest BCUT2D eigenvalue weighted by molar-refractivity contribution is 6.04. The van der Waals surface area contributed by atoms with Crippen LogP contribution in [0.15, 0.2) is 60.7 Å². The van der Waals surface area contributed by atoms with Gasteiger partial charge in [-0.05, 0) is 17.7 Å². The molecule has 0 aliphatic carbocycles. The number of urea groups is 1. The zero-order valence-corrected chi connectivity index (χ0v) is 16.3. The number of rotatable bonds is 4. The monoisotopic (exact) mass is 389 g/mol. The molecule has 2 heterocycles. The fourth-order valence-corrected chi connectivity index (χ4v) is 3.52. The predicted octanol–water partition coefficient (Wildman–Crippen LogP) is 2.94. The van der Waals surface area contributed by atoms with Crippen LogP contribution in [0.3, 0.4) is 0 Å². The maximum atomic E-state index is 12.6. The fraction of sp³-hybridized carbons (Fsp3) is 0.227. The van der Waals surface area contributed by atoms with E-state index in [1.54, 1.807) is 21.7 Å². The summed E-state index contributed by atoms with van der Waals surface area (Å²) in [5, 5.41) is 10.3. The fourth-order valence-electron chi connectivity index (χ4n) is 3.52. The van der Waals surface area contributed by atoms with E-state index in [-0.39, 0.29) is 11.9 Å². The summed E-state index contributed by atoms with van der Waals surface area (Å²) in [6.45, 7) is 1.50. The lowest BCUT2D eigenvalue weighted by Gasteiger charge is -2.27. The molecule has 7 heteroatoms. The molecule has 1 aliphatic heterocycles. The number of aromatic nitrogens is 2. The van der Waals surface area contributed by atoms with E-state index >= 15 is 0 Å². The van der Waals surface area contributed by atoms with Gasteiger partial charge in [-0.25, -0.2) is 4.79 Å². The minimum absolute atomic E-state index is 0.122. The molecule has 29 heavy (non-hydrogen) atoms. The first-order valence-corrected chi connectivity index (χ1v) is 9.59. The maximum absolute atomic E-state index is 12.6. The van der Waals surface area contributed by atoms with Gasteiger partial charge in [0.25, 0.3) is 5.91 Å². The van der Waals surface area contributed by atoms with Crippen LogP contribution >= 0.6 is 0 Å². The Morgan fingerprint density at radius 1 is 1.03 bits per heavy atom. The molecule has 2 N–H and O–H groups in total. The Morgan fingerprint density at radius 2 is 1.72 bits per heavy atom. The van der Waals surface area contributed by atoms with Crippen molar-refractivity contribution >= 4 is 17.8 Å². The van der Waals surface area contributed by atoms with Crippen LogP contribution in [0.25, 0.3) is 0 Å². The minimum Gasteiger partial charge on any atom is -0.334 e. The van der Waals surface area contributed by atoms with Crippen LogP contribution in [0.2, 0.25) is 0 Å². The molecular formula is C22H23N5O2. The third-order valence-electron chi connectivity index (χ3n) is 5.08. The third kappa shape index (κ3) is 4.13. The first kappa shape index (κ1) is 18.7. The largest absolute Gasteiger partial charge is 0.334 e. The van der Waals surface area contributed by atoms with E-state index in [1.807, 2.05) is 55.6 Å². The van der Waals surface area contributed by atoms with Gasteiger partial charge in [0.2, 0.25) is 0 Å². The molecule has 1 aromatic heterocycles. The number of carbonyl (C=O) groups excluding carboxylic acids is 2. The van der Waals surface area contributed by atoms with E-state index in [4.69, 9.17) is 0 Å². The second-order valence-electron chi connectivity index (χ2n) is 7.03. The van der Waals surface area contributed by atoms with E-state index in [2.05, 4.69) is 15.7 Å². The average molecular weight is 389 g/mol. The Bertz CT molecular complexity index is 1010. The Morgan fingerprint density at radius 3 is 2.45 bits per heavy atom. The molecule has 2 aromatic carbocycles. The predicted molar refractivity (Wildman–Crippen MR) is 110 cm³/mol. The Hall–Kier alpha value is -3.61. The number of anilines is 1. The van der Waals surface area contributed by atoms with Crippen molar-refractivity contribution in [3.05, 3.63) is 83.0 Å². The number of amides is 3. The van der Waals surface area contributed by atoms with Crippen LogP contribution in [0.4, 0.5) is 10.6 Å². The SMILES string of the molecule is Cn1nc(NC(=O)c2ccccc2)c2c1CCN(C(=O)NCc1ccccc1)C2. The Labute approximate surface area is 169 Å². The van der Waals surface area contributed by atoms with E-state index in [1.165, 1.54) is 0 Å². The Kier molecular flexibility index (Phi) is 5.29. The lowest BCUT2D eigenvalue weighted by molar-refractivity contribution is 0.102. The highest BCUT2D eigenvalue weighted by atomic mass is 16.2. The van der Waals surface area contributed by atoms with Crippen molar-refractivity contribution in [3.8, 4) is 0 Å². The van der Waals surface area contributed by atoms with Crippen molar-refractivity contribution in [2.45, 2.75) is 19.5 Å². The van der Waals surface area contributed by atoms with Gasteiger partial charge in [-0.1, -0.05) is 48.5 Å². The summed E-state index contributed by atoms with van der Waals surface area (Å²) in [5.41, 5.74) is 3.55. The molecule has 0 atom stereocenters. The number of hydrogen-bond acceptors (Lipinski definition) is 3. The number of aryl methyl sites for hydroxylation is 1. The van der Waals surface area contributed by atoms with Gasteiger partial charge in [-0.2, -0.15) is 5.10 Å². The summed E-state index contributed by atoms with van der Waals surface area (Å²) in [4.78, 5) is 26.9. The van der Waals surface area contributed by atoms with Crippen molar-refractivity contribution in [1.82, 2.24) is 20.0 Å². The molecule has 0 radical (unpaired) electrons. The topological polar surface area (TPSA) is 79.3 Å². The third-order valence-corrected chi connectivity index (χ3v) is 5.08. The van der Waals surface area contributed by atoms with Crippen LogP contribution < -0.4 is 10.6 Å². The number of fused-ring (bicyclic) bond motifs is 1. The molecule has 0 unspecified atom stereocenters. The second kappa shape index (κ2) is 8.18. The van der Waals surface area contributed by atoms with Crippen molar-refractivity contribution in [1.29, 1.82) is 0 Å². The highest BCUT2D eigenvalue weighted by Gasteiger charge is 2.27. The molecular weight excluding hydrogens is 366 g/mol. The number of hydrogen-bond donors (Lipinski definition) is 2. The minimum atomic E-state index is -0.211. The number of nitrogens with zero attached hydrogens (tertiary/aromatic N) is 3. The van der Waals surface area contributed by atoms with E-state index in [9.17, 15) is 9.59 Å². The van der Waals surface area contributed by atoms with Gasteiger partial charge in [-0.15, -0.1) is 0 Å². The number of nitrogens with one attached hydrogen (secondary N) is 2. The summed E-state index contributed by atoms with van der Waals surface area (Å²) < 4.78 is 1.79. The molecule has 0 spiro atoms. The van der Waals surface area contributed by atoms with Crippen molar-refractivity contribution in [2.75, 3.05) is 11.9 Å². The smallest absolute Gasteiger partial charge is 0.317 e. The molecule has 0 bridgehead atoms. The first-order chi connectivity index (χ1) is 14.1. The van der Waals surface area contributed by atoms with Gasteiger partial charge in [0, 0.05) is 43.4 Å². The van der Waals surface area contributed by atoms with Crippen molar-refractivity contribution in [2.24, 2.45) is 7.05 Å². The van der Waals surface area contributed by atoms with E-state index < -0.39 is 0 Å². The zero-order valence-electron chi connectivity index (χ0n) is 16.3. The summed E-state index contributed by atoms with van der Waals surface area (Å²) >= 11 is 0. The van der Waals surface area contributed by atoms with Gasteiger partial charge in [0.05, 0.1) is 6.54 Å². The second-order valence-corrected chi connectivity index (χ2v) is 7.03. The van der Waals surface area contributed by atoms with E-state index in [0.717, 1.165) is 16.8 Å². The molecule has 0 saturated heterocycles. The van der Waals surface area contributed by atoms with Gasteiger partial charge in [0.15, 0.2) is 5.82 Å². The number of carbonyl (C=O) groups is 2. The van der Waals surface area contributed by atoms with Crippen molar-refractivity contribution < 1.29 is 9.59 Å². The lowest BCUT2D eigenvalue weighted by Crippen LogP contribution is -2.42. The summed E-state index contributed by atoms with van der Waals surface area (Å²) in [6.07, 6.45) is 0.693. The van der Waals surface area contributed by atoms with E-state index in [0.29, 0.717) is 37.4 Å². The summed E-state index contributed by atoms with van der Waals surface area (Å²) in [6, 6.07) is 18.7. The standard InChI is InChI=1S/C22H23N5O2/c1-26-19-12-13-27(22(29)23-14-16-8-4-2-5-9-16)15-18(19)20(25-26)24-21(28)17-10-6-3-7-11-17/h2-11H,12-15H2,1H3,(H,23,29)(H,24,25,28). The molecule has 0 fully saturated rings. The number of benzene rings is 2. The van der Waals surface area contributed by atoms with Crippen LogP contribution in [0.5, 0.6) is 0 Å². The van der Waals surface area contributed by atoms with Crippen LogP contribution in [-0.2, 0) is 26.6 Å². The van der Waals surface area contributed by atoms with Crippen LogP contribution in [0, 0.1) is 0 Å². The van der Waals surface area contributed by atoms with Gasteiger partial charge in [-0.3, -0.25) is 9.48 Å². The van der Waals surface area contributed by atoms with Crippen molar-refractivity contribution in [3.63, 3.8) is 0 Å². The van der Waals surface area contributed by atoms with Crippen LogP contribution in [-0.4, -0.2) is 33.2 Å². The molecule has 7 nitrogen and oxygen atoms in total. The first-order valence-electron chi connectivity index (χ1n) is 9.59. The summed E-state index contributed by atoms with van der Waals surface area (Å²) in [5.74, 6) is 0.300. The molecule has 3 amide bonds. The Balaban J connectivity index is 1.45. The zero-order chi connectivity index (χ0) is 20.2. The molecule has 4 rings (SSSR count). The molecule has 1 aliphatic rings. The molecule has 3 aromatic rings. The van der Waals surface area contributed by atoms with Gasteiger partial charge < -0.3 is 15.5 Å². The molecule has 0 saturated carbocycles. The van der Waals surface area contributed by atoms with Gasteiger partial charge in [0.1, 0.15) is 0 Å². The summed E-state index contributed by atoms with van der Waals surface area (Å²) in [7, 11) is 1.86. The highest BCUT2D eigenvalue weighted by Crippen LogP contribution is 2.26. The van der Waals surface area contributed by atoms with Crippen LogP contribution in [0.1, 0.15) is 27.2 Å².